The largest absolute Gasteiger partial charge is 0.396 e. The molecule has 0 aliphatic rings. The van der Waals surface area contributed by atoms with Crippen molar-refractivity contribution in [2.75, 3.05) is 6.61 Å². The summed E-state index contributed by atoms with van der Waals surface area (Å²) in [6.45, 7) is 7.31. The Morgan fingerprint density at radius 2 is 0.500 bits per heavy atom. The van der Waals surface area contributed by atoms with Crippen LogP contribution in [-0.4, -0.2) is 11.7 Å². The normalized spacial score (nSPS) is 13.3. The van der Waals surface area contributed by atoms with Crippen molar-refractivity contribution in [3.63, 3.8) is 0 Å². The van der Waals surface area contributed by atoms with Gasteiger partial charge >= 0.3 is 0 Å². The summed E-state index contributed by atoms with van der Waals surface area (Å²) in [5.74, 6) is 0. The van der Waals surface area contributed by atoms with Crippen LogP contribution in [0.25, 0.3) is 0 Å². The molecular formula is C37H76O. The summed E-state index contributed by atoms with van der Waals surface area (Å²) >= 11 is 0. The van der Waals surface area contributed by atoms with E-state index in [9.17, 15) is 5.11 Å². The lowest BCUT2D eigenvalue weighted by atomic mass is 9.80. The number of aliphatic hydroxyl groups is 1. The number of aliphatic hydroxyl groups excluding tert-OH is 1. The zero-order valence-corrected chi connectivity index (χ0v) is 27.3. The van der Waals surface area contributed by atoms with Crippen LogP contribution < -0.4 is 0 Å². The summed E-state index contributed by atoms with van der Waals surface area (Å²) in [5, 5.41) is 10.0. The van der Waals surface area contributed by atoms with Crippen molar-refractivity contribution < 1.29 is 5.11 Å². The number of unbranched alkanes of at least 4 members (excludes halogenated alkanes) is 28. The number of rotatable bonds is 33. The first-order valence-electron chi connectivity index (χ1n) is 18.3. The molecule has 0 spiro atoms. The quantitative estimate of drug-likeness (QED) is 0.0827. The van der Waals surface area contributed by atoms with E-state index in [2.05, 4.69) is 20.8 Å². The van der Waals surface area contributed by atoms with Crippen molar-refractivity contribution in [1.82, 2.24) is 0 Å². The van der Waals surface area contributed by atoms with Gasteiger partial charge in [0.05, 0.1) is 0 Å². The third kappa shape index (κ3) is 29.0. The molecule has 0 saturated heterocycles. The maximum absolute atomic E-state index is 10.0. The molecule has 1 nitrogen and oxygen atoms in total. The van der Waals surface area contributed by atoms with E-state index in [0.717, 1.165) is 0 Å². The second kappa shape index (κ2) is 31.5. The van der Waals surface area contributed by atoms with Gasteiger partial charge in [-0.25, -0.2) is 0 Å². The first kappa shape index (κ1) is 38.0. The topological polar surface area (TPSA) is 20.2 Å². The second-order valence-electron chi connectivity index (χ2n) is 13.4. The SMILES string of the molecule is CCCCCCCCCCCCCCCCCCC(C)(CO)CCCCCCCCCCCCCCCC. The standard InChI is InChI=1S/C37H76O/c1-4-6-8-10-12-14-16-18-20-21-23-25-27-29-31-33-35-37(3,36-38)34-32-30-28-26-24-22-19-17-15-13-11-9-7-5-2/h38H,4-36H2,1-3H3. The van der Waals surface area contributed by atoms with Crippen molar-refractivity contribution in [2.45, 2.75) is 226 Å². The van der Waals surface area contributed by atoms with E-state index in [1.807, 2.05) is 0 Å². The highest BCUT2D eigenvalue weighted by Gasteiger charge is 2.22. The molecule has 0 heterocycles. The molecule has 0 amide bonds. The van der Waals surface area contributed by atoms with Gasteiger partial charge < -0.3 is 5.11 Å². The van der Waals surface area contributed by atoms with Crippen LogP contribution in [0.3, 0.4) is 0 Å². The highest BCUT2D eigenvalue weighted by atomic mass is 16.3. The summed E-state index contributed by atoms with van der Waals surface area (Å²) in [6, 6.07) is 0. The smallest absolute Gasteiger partial charge is 0.0484 e. The zero-order valence-electron chi connectivity index (χ0n) is 27.3. The first-order valence-corrected chi connectivity index (χ1v) is 18.3. The Balaban J connectivity index is 3.39. The minimum atomic E-state index is 0.174. The van der Waals surface area contributed by atoms with E-state index >= 15 is 0 Å². The Hall–Kier alpha value is -0.0400. The van der Waals surface area contributed by atoms with Crippen LogP contribution in [0.1, 0.15) is 226 Å². The third-order valence-electron chi connectivity index (χ3n) is 9.15. The van der Waals surface area contributed by atoms with E-state index in [0.29, 0.717) is 6.61 Å². The minimum absolute atomic E-state index is 0.174. The van der Waals surface area contributed by atoms with Crippen LogP contribution in [0.15, 0.2) is 0 Å². The molecule has 0 fully saturated rings. The monoisotopic (exact) mass is 537 g/mol. The fourth-order valence-corrected chi connectivity index (χ4v) is 6.13. The molecule has 1 N–H and O–H groups in total. The van der Waals surface area contributed by atoms with Crippen molar-refractivity contribution in [2.24, 2.45) is 5.41 Å². The Morgan fingerprint density at radius 1 is 0.316 bits per heavy atom. The zero-order chi connectivity index (χ0) is 27.8. The van der Waals surface area contributed by atoms with Gasteiger partial charge in [-0.3, -0.25) is 0 Å². The first-order chi connectivity index (χ1) is 18.7. The molecule has 0 aromatic rings. The van der Waals surface area contributed by atoms with Gasteiger partial charge in [0.15, 0.2) is 0 Å². The Labute approximate surface area is 243 Å². The minimum Gasteiger partial charge on any atom is -0.396 e. The maximum atomic E-state index is 10.0. The van der Waals surface area contributed by atoms with Crippen molar-refractivity contribution >= 4 is 0 Å². The Morgan fingerprint density at radius 3 is 0.684 bits per heavy atom. The van der Waals surface area contributed by atoms with Gasteiger partial charge in [0, 0.05) is 6.61 Å². The molecule has 0 aromatic heterocycles. The lowest BCUT2D eigenvalue weighted by Gasteiger charge is -2.27. The molecule has 1 unspecified atom stereocenters. The Kier molecular flexibility index (Phi) is 31.5. The fourth-order valence-electron chi connectivity index (χ4n) is 6.13. The molecule has 0 aromatic carbocycles. The second-order valence-corrected chi connectivity index (χ2v) is 13.4. The average molecular weight is 537 g/mol. The molecule has 38 heavy (non-hydrogen) atoms. The molecular weight excluding hydrogens is 460 g/mol. The van der Waals surface area contributed by atoms with E-state index in [1.54, 1.807) is 0 Å². The highest BCUT2D eigenvalue weighted by Crippen LogP contribution is 2.31. The number of hydrogen-bond acceptors (Lipinski definition) is 1. The van der Waals surface area contributed by atoms with Crippen molar-refractivity contribution in [1.29, 1.82) is 0 Å². The van der Waals surface area contributed by atoms with E-state index < -0.39 is 0 Å². The lowest BCUT2D eigenvalue weighted by Crippen LogP contribution is -2.21. The van der Waals surface area contributed by atoms with Crippen LogP contribution in [0.5, 0.6) is 0 Å². The van der Waals surface area contributed by atoms with Gasteiger partial charge in [-0.15, -0.1) is 0 Å². The molecule has 0 rings (SSSR count). The molecule has 1 atom stereocenters. The predicted octanol–water partition coefficient (Wildman–Crippen LogP) is 13.5. The van der Waals surface area contributed by atoms with Gasteiger partial charge in [0.2, 0.25) is 0 Å². The predicted molar refractivity (Wildman–Crippen MR) is 174 cm³/mol. The van der Waals surface area contributed by atoms with E-state index in [-0.39, 0.29) is 5.41 Å². The molecule has 0 aliphatic carbocycles. The Bertz CT molecular complexity index is 419. The average Bonchev–Trinajstić information content (AvgIpc) is 2.93. The van der Waals surface area contributed by atoms with Gasteiger partial charge in [0.25, 0.3) is 0 Å². The van der Waals surface area contributed by atoms with Gasteiger partial charge in [-0.05, 0) is 18.3 Å². The van der Waals surface area contributed by atoms with Gasteiger partial charge in [-0.2, -0.15) is 0 Å². The van der Waals surface area contributed by atoms with Crippen LogP contribution in [-0.2, 0) is 0 Å². The fraction of sp³-hybridized carbons (Fsp3) is 1.00. The van der Waals surface area contributed by atoms with Crippen LogP contribution in [0, 0.1) is 5.41 Å². The molecule has 230 valence electrons. The van der Waals surface area contributed by atoms with Gasteiger partial charge in [0.1, 0.15) is 0 Å². The van der Waals surface area contributed by atoms with Gasteiger partial charge in [-0.1, -0.05) is 213 Å². The van der Waals surface area contributed by atoms with Crippen molar-refractivity contribution in [3.8, 4) is 0 Å². The maximum Gasteiger partial charge on any atom is 0.0484 e. The summed E-state index contributed by atoms with van der Waals surface area (Å²) in [6.07, 6.45) is 45.2. The molecule has 0 bridgehead atoms. The summed E-state index contributed by atoms with van der Waals surface area (Å²) in [7, 11) is 0. The molecule has 0 radical (unpaired) electrons. The lowest BCUT2D eigenvalue weighted by molar-refractivity contribution is 0.116. The third-order valence-corrected chi connectivity index (χ3v) is 9.15. The molecule has 0 aliphatic heterocycles. The summed E-state index contributed by atoms with van der Waals surface area (Å²) in [4.78, 5) is 0. The number of hydrogen-bond donors (Lipinski definition) is 1. The van der Waals surface area contributed by atoms with E-state index in [1.165, 1.54) is 205 Å². The van der Waals surface area contributed by atoms with Crippen LogP contribution in [0.4, 0.5) is 0 Å². The highest BCUT2D eigenvalue weighted by molar-refractivity contribution is 4.73. The van der Waals surface area contributed by atoms with E-state index in [4.69, 9.17) is 0 Å². The molecule has 0 saturated carbocycles. The van der Waals surface area contributed by atoms with Crippen LogP contribution in [0.2, 0.25) is 0 Å². The summed E-state index contributed by atoms with van der Waals surface area (Å²) < 4.78 is 0. The summed E-state index contributed by atoms with van der Waals surface area (Å²) in [5.41, 5.74) is 0.174. The van der Waals surface area contributed by atoms with Crippen LogP contribution >= 0.6 is 0 Å². The molecule has 1 heteroatoms. The van der Waals surface area contributed by atoms with Crippen molar-refractivity contribution in [3.05, 3.63) is 0 Å².